The lowest BCUT2D eigenvalue weighted by atomic mass is 9.98. The van der Waals surface area contributed by atoms with Crippen molar-refractivity contribution >= 4 is 23.8 Å². The van der Waals surface area contributed by atoms with Crippen molar-refractivity contribution in [2.75, 3.05) is 18.6 Å². The van der Waals surface area contributed by atoms with Gasteiger partial charge in [-0.25, -0.2) is 4.79 Å². The summed E-state index contributed by atoms with van der Waals surface area (Å²) in [5, 5.41) is 2.76. The predicted molar refractivity (Wildman–Crippen MR) is 70.6 cm³/mol. The van der Waals surface area contributed by atoms with Crippen LogP contribution < -0.4 is 5.32 Å². The lowest BCUT2D eigenvalue weighted by Crippen LogP contribution is -2.48. The number of hydrogen-bond donors (Lipinski definition) is 1. The third-order valence-corrected chi connectivity index (χ3v) is 3.68. The van der Waals surface area contributed by atoms with Crippen LogP contribution in [0.4, 0.5) is 4.79 Å². The normalized spacial score (nSPS) is 24.2. The van der Waals surface area contributed by atoms with E-state index in [9.17, 15) is 9.59 Å². The van der Waals surface area contributed by atoms with Crippen molar-refractivity contribution in [3.63, 3.8) is 0 Å². The summed E-state index contributed by atoms with van der Waals surface area (Å²) in [5.41, 5.74) is -0.535. The van der Waals surface area contributed by atoms with Crippen LogP contribution in [0.25, 0.3) is 0 Å². The Morgan fingerprint density at radius 3 is 2.56 bits per heavy atom. The molecule has 6 heteroatoms. The van der Waals surface area contributed by atoms with Crippen molar-refractivity contribution in [1.29, 1.82) is 0 Å². The van der Waals surface area contributed by atoms with Gasteiger partial charge in [0.2, 0.25) is 0 Å². The van der Waals surface area contributed by atoms with Crippen LogP contribution in [0, 0.1) is 5.92 Å². The summed E-state index contributed by atoms with van der Waals surface area (Å²) in [6, 6.07) is -0.217. The molecular formula is C12H21NO4S. The van der Waals surface area contributed by atoms with Crippen LogP contribution >= 0.6 is 11.8 Å². The van der Waals surface area contributed by atoms with Gasteiger partial charge in [-0.15, -0.1) is 0 Å². The first-order valence-corrected chi connectivity index (χ1v) is 7.14. The van der Waals surface area contributed by atoms with Crippen LogP contribution in [0.3, 0.4) is 0 Å². The minimum absolute atomic E-state index is 0.217. The molecule has 0 aliphatic carbocycles. The highest BCUT2D eigenvalue weighted by atomic mass is 32.2. The van der Waals surface area contributed by atoms with Gasteiger partial charge in [0.15, 0.2) is 0 Å². The quantitative estimate of drug-likeness (QED) is 0.779. The van der Waals surface area contributed by atoms with Gasteiger partial charge < -0.3 is 14.8 Å². The molecule has 1 amide bonds. The first-order chi connectivity index (χ1) is 8.33. The Balaban J connectivity index is 2.57. The number of methoxy groups -OCH3 is 1. The molecule has 0 unspecified atom stereocenters. The monoisotopic (exact) mass is 275 g/mol. The molecule has 0 aromatic rings. The van der Waals surface area contributed by atoms with Gasteiger partial charge in [-0.1, -0.05) is 0 Å². The van der Waals surface area contributed by atoms with E-state index in [1.54, 1.807) is 32.5 Å². The van der Waals surface area contributed by atoms with Crippen LogP contribution in [0.1, 0.15) is 27.2 Å². The van der Waals surface area contributed by atoms with Crippen molar-refractivity contribution in [2.45, 2.75) is 38.8 Å². The second kappa shape index (κ2) is 6.31. The van der Waals surface area contributed by atoms with Crippen LogP contribution in [-0.2, 0) is 14.3 Å². The predicted octanol–water partition coefficient (Wildman–Crippen LogP) is 1.81. The molecule has 1 fully saturated rings. The lowest BCUT2D eigenvalue weighted by Gasteiger charge is -2.30. The molecule has 1 saturated heterocycles. The largest absolute Gasteiger partial charge is 0.469 e. The fraction of sp³-hybridized carbons (Fsp3) is 0.833. The average molecular weight is 275 g/mol. The van der Waals surface area contributed by atoms with E-state index in [1.807, 2.05) is 0 Å². The summed E-state index contributed by atoms with van der Waals surface area (Å²) in [4.78, 5) is 23.3. The van der Waals surface area contributed by atoms with Gasteiger partial charge in [0.1, 0.15) is 5.60 Å². The SMILES string of the molecule is COC(=O)[C@@H]1CCSC[C@H]1NC(=O)OC(C)(C)C. The van der Waals surface area contributed by atoms with Gasteiger partial charge in [-0.3, -0.25) is 4.79 Å². The Morgan fingerprint density at radius 2 is 2.00 bits per heavy atom. The smallest absolute Gasteiger partial charge is 0.407 e. The molecule has 0 aromatic carbocycles. The summed E-state index contributed by atoms with van der Waals surface area (Å²) in [7, 11) is 1.37. The highest BCUT2D eigenvalue weighted by Crippen LogP contribution is 2.24. The Labute approximate surface area is 112 Å². The summed E-state index contributed by atoms with van der Waals surface area (Å²) in [5.74, 6) is 1.07. The number of hydrogen-bond acceptors (Lipinski definition) is 5. The summed E-state index contributed by atoms with van der Waals surface area (Å²) in [6.07, 6.45) is 0.238. The van der Waals surface area contributed by atoms with E-state index < -0.39 is 11.7 Å². The molecule has 5 nitrogen and oxygen atoms in total. The van der Waals surface area contributed by atoms with Gasteiger partial charge in [0, 0.05) is 5.75 Å². The third-order valence-electron chi connectivity index (χ3n) is 2.56. The van der Waals surface area contributed by atoms with Crippen molar-refractivity contribution in [3.8, 4) is 0 Å². The molecule has 0 bridgehead atoms. The summed E-state index contributed by atoms with van der Waals surface area (Å²) in [6.45, 7) is 5.42. The minimum atomic E-state index is -0.535. The molecule has 0 radical (unpaired) electrons. The summed E-state index contributed by atoms with van der Waals surface area (Å²) < 4.78 is 9.95. The van der Waals surface area contributed by atoms with Crippen molar-refractivity contribution in [3.05, 3.63) is 0 Å². The molecule has 2 atom stereocenters. The molecule has 1 N–H and O–H groups in total. The molecule has 104 valence electrons. The molecule has 1 aliphatic rings. The molecule has 1 heterocycles. The van der Waals surface area contributed by atoms with Crippen LogP contribution in [0.15, 0.2) is 0 Å². The Morgan fingerprint density at radius 1 is 1.33 bits per heavy atom. The molecule has 0 spiro atoms. The van der Waals surface area contributed by atoms with E-state index in [0.717, 1.165) is 12.2 Å². The van der Waals surface area contributed by atoms with Gasteiger partial charge in [0.05, 0.1) is 19.1 Å². The van der Waals surface area contributed by atoms with E-state index in [2.05, 4.69) is 5.32 Å². The van der Waals surface area contributed by atoms with E-state index in [0.29, 0.717) is 5.75 Å². The number of alkyl carbamates (subject to hydrolysis) is 1. The Bertz CT molecular complexity index is 314. The second-order valence-corrected chi connectivity index (χ2v) is 6.40. The zero-order valence-electron chi connectivity index (χ0n) is 11.3. The van der Waals surface area contributed by atoms with E-state index >= 15 is 0 Å². The number of carbonyl (C=O) groups excluding carboxylic acids is 2. The minimum Gasteiger partial charge on any atom is -0.469 e. The molecule has 1 aliphatic heterocycles. The summed E-state index contributed by atoms with van der Waals surface area (Å²) >= 11 is 1.72. The Kier molecular flexibility index (Phi) is 5.31. The number of ether oxygens (including phenoxy) is 2. The highest BCUT2D eigenvalue weighted by molar-refractivity contribution is 7.99. The number of nitrogens with one attached hydrogen (secondary N) is 1. The molecule has 0 aromatic heterocycles. The Hall–Kier alpha value is -0.910. The van der Waals surface area contributed by atoms with E-state index in [-0.39, 0.29) is 17.9 Å². The number of thioether (sulfide) groups is 1. The van der Waals surface area contributed by atoms with Gasteiger partial charge >= 0.3 is 12.1 Å². The first-order valence-electron chi connectivity index (χ1n) is 5.98. The van der Waals surface area contributed by atoms with E-state index in [1.165, 1.54) is 7.11 Å². The topological polar surface area (TPSA) is 64.6 Å². The fourth-order valence-electron chi connectivity index (χ4n) is 1.77. The number of carbonyl (C=O) groups is 2. The van der Waals surface area contributed by atoms with Crippen molar-refractivity contribution in [2.24, 2.45) is 5.92 Å². The van der Waals surface area contributed by atoms with Crippen molar-refractivity contribution < 1.29 is 19.1 Å². The number of rotatable bonds is 2. The first kappa shape index (κ1) is 15.1. The fourth-order valence-corrected chi connectivity index (χ4v) is 2.93. The lowest BCUT2D eigenvalue weighted by molar-refractivity contribution is -0.146. The number of esters is 1. The maximum absolute atomic E-state index is 11.7. The standard InChI is InChI=1S/C12H21NO4S/c1-12(2,3)17-11(15)13-9-7-18-6-5-8(9)10(14)16-4/h8-9H,5-7H2,1-4H3,(H,13,15)/t8-,9-/m1/s1. The number of amides is 1. The maximum Gasteiger partial charge on any atom is 0.407 e. The van der Waals surface area contributed by atoms with Crippen LogP contribution in [0.5, 0.6) is 0 Å². The van der Waals surface area contributed by atoms with E-state index in [4.69, 9.17) is 9.47 Å². The van der Waals surface area contributed by atoms with Gasteiger partial charge in [0.25, 0.3) is 0 Å². The van der Waals surface area contributed by atoms with Crippen LogP contribution in [0.2, 0.25) is 0 Å². The highest BCUT2D eigenvalue weighted by Gasteiger charge is 2.34. The zero-order chi connectivity index (χ0) is 13.8. The zero-order valence-corrected chi connectivity index (χ0v) is 12.1. The second-order valence-electron chi connectivity index (χ2n) is 5.25. The molecule has 1 rings (SSSR count). The molecule has 18 heavy (non-hydrogen) atoms. The third kappa shape index (κ3) is 4.76. The molecular weight excluding hydrogens is 254 g/mol. The van der Waals surface area contributed by atoms with Crippen molar-refractivity contribution in [1.82, 2.24) is 5.32 Å². The van der Waals surface area contributed by atoms with Gasteiger partial charge in [-0.05, 0) is 32.9 Å². The van der Waals surface area contributed by atoms with Crippen LogP contribution in [-0.4, -0.2) is 42.3 Å². The molecule has 0 saturated carbocycles. The average Bonchev–Trinajstić information content (AvgIpc) is 2.26. The maximum atomic E-state index is 11.7. The van der Waals surface area contributed by atoms with Gasteiger partial charge in [-0.2, -0.15) is 11.8 Å².